The Bertz CT molecular complexity index is 443. The van der Waals surface area contributed by atoms with Crippen LogP contribution in [0.15, 0.2) is 6.07 Å². The Balaban J connectivity index is 1.99. The van der Waals surface area contributed by atoms with E-state index in [0.717, 1.165) is 25.2 Å². The van der Waals surface area contributed by atoms with Crippen molar-refractivity contribution in [3.05, 3.63) is 11.9 Å². The fraction of sp³-hybridized carbons (Fsp3) is 0.714. The summed E-state index contributed by atoms with van der Waals surface area (Å²) in [6, 6.07) is 1.77. The van der Waals surface area contributed by atoms with Crippen LogP contribution in [0.3, 0.4) is 0 Å². The summed E-state index contributed by atoms with van der Waals surface area (Å²) in [7, 11) is 1.60. The molecule has 0 saturated heterocycles. The molecule has 0 bridgehead atoms. The van der Waals surface area contributed by atoms with E-state index >= 15 is 0 Å². The van der Waals surface area contributed by atoms with E-state index in [-0.39, 0.29) is 6.61 Å². The van der Waals surface area contributed by atoms with Crippen LogP contribution in [0, 0.1) is 11.8 Å². The van der Waals surface area contributed by atoms with Crippen LogP contribution in [0.2, 0.25) is 0 Å². The topological polar surface area (TPSA) is 105 Å². The highest BCUT2D eigenvalue weighted by atomic mass is 16.5. The molecule has 1 aromatic heterocycles. The lowest BCUT2D eigenvalue weighted by Gasteiger charge is -2.30. The molecule has 0 spiro atoms. The molecule has 1 fully saturated rings. The maximum Gasteiger partial charge on any atom is 0.158 e. The van der Waals surface area contributed by atoms with Crippen molar-refractivity contribution in [1.82, 2.24) is 9.97 Å². The number of aliphatic hydroxyl groups excluding tert-OH is 1. The number of aliphatic hydroxyl groups is 1. The molecule has 1 aliphatic rings. The van der Waals surface area contributed by atoms with Gasteiger partial charge in [0.1, 0.15) is 18.2 Å². The zero-order chi connectivity index (χ0) is 15.1. The molecule has 2 unspecified atom stereocenters. The van der Waals surface area contributed by atoms with E-state index in [0.29, 0.717) is 30.1 Å². The molecule has 0 aliphatic heterocycles. The summed E-state index contributed by atoms with van der Waals surface area (Å²) in [5, 5.41) is 12.8. The molecular formula is C14H25N5O2. The van der Waals surface area contributed by atoms with Gasteiger partial charge in [0.15, 0.2) is 5.82 Å². The number of hydrazine groups is 1. The Labute approximate surface area is 125 Å². The number of ether oxygens (including phenoxy) is 1. The van der Waals surface area contributed by atoms with Gasteiger partial charge in [-0.1, -0.05) is 12.8 Å². The van der Waals surface area contributed by atoms with Gasteiger partial charge < -0.3 is 20.6 Å². The van der Waals surface area contributed by atoms with Gasteiger partial charge in [0, 0.05) is 26.3 Å². The van der Waals surface area contributed by atoms with E-state index in [1.54, 1.807) is 13.2 Å². The Morgan fingerprint density at radius 2 is 2.00 bits per heavy atom. The van der Waals surface area contributed by atoms with Crippen LogP contribution in [0.5, 0.6) is 0 Å². The Morgan fingerprint density at radius 1 is 1.29 bits per heavy atom. The first-order valence-corrected chi connectivity index (χ1v) is 7.45. The van der Waals surface area contributed by atoms with Crippen LogP contribution < -0.4 is 16.6 Å². The first-order chi connectivity index (χ1) is 10.3. The summed E-state index contributed by atoms with van der Waals surface area (Å²) < 4.78 is 5.06. The molecule has 1 heterocycles. The van der Waals surface area contributed by atoms with Crippen molar-refractivity contribution in [3.8, 4) is 0 Å². The van der Waals surface area contributed by atoms with Crippen LogP contribution in [0.1, 0.15) is 31.5 Å². The summed E-state index contributed by atoms with van der Waals surface area (Å²) in [5.74, 6) is 8.16. The Hall–Kier alpha value is -1.44. The fourth-order valence-electron chi connectivity index (χ4n) is 2.88. The molecular weight excluding hydrogens is 270 g/mol. The number of hydrogen-bond acceptors (Lipinski definition) is 7. The predicted octanol–water partition coefficient (Wildman–Crippen LogP) is 1.12. The average Bonchev–Trinajstić information content (AvgIpc) is 2.53. The zero-order valence-electron chi connectivity index (χ0n) is 12.5. The lowest BCUT2D eigenvalue weighted by molar-refractivity contribution is 0.141. The normalized spacial score (nSPS) is 22.0. The number of nitrogens with one attached hydrogen (secondary N) is 2. The van der Waals surface area contributed by atoms with E-state index < -0.39 is 0 Å². The third kappa shape index (κ3) is 4.52. The van der Waals surface area contributed by atoms with Crippen molar-refractivity contribution in [3.63, 3.8) is 0 Å². The maximum atomic E-state index is 9.46. The molecule has 7 heteroatoms. The van der Waals surface area contributed by atoms with Gasteiger partial charge in [-0.3, -0.25) is 0 Å². The lowest BCUT2D eigenvalue weighted by Crippen LogP contribution is -2.29. The largest absolute Gasteiger partial charge is 0.396 e. The van der Waals surface area contributed by atoms with Crippen molar-refractivity contribution >= 4 is 11.6 Å². The Morgan fingerprint density at radius 3 is 2.67 bits per heavy atom. The standard InChI is InChI=1S/C14H25N5O2/c1-21-9-14-17-12(6-13(18-14)19-15)16-7-10-4-2-3-5-11(10)8-20/h6,10-11,20H,2-5,7-9,15H2,1H3,(H2,16,17,18,19). The van der Waals surface area contributed by atoms with Gasteiger partial charge in [0.25, 0.3) is 0 Å². The predicted molar refractivity (Wildman–Crippen MR) is 81.6 cm³/mol. The monoisotopic (exact) mass is 295 g/mol. The average molecular weight is 295 g/mol. The molecule has 0 amide bonds. The van der Waals surface area contributed by atoms with E-state index in [2.05, 4.69) is 20.7 Å². The summed E-state index contributed by atoms with van der Waals surface area (Å²) in [5.41, 5.74) is 2.54. The van der Waals surface area contributed by atoms with Gasteiger partial charge in [-0.15, -0.1) is 0 Å². The van der Waals surface area contributed by atoms with Gasteiger partial charge in [-0.2, -0.15) is 0 Å². The van der Waals surface area contributed by atoms with Gasteiger partial charge in [-0.05, 0) is 24.7 Å². The number of nitrogens with zero attached hydrogens (tertiary/aromatic N) is 2. The van der Waals surface area contributed by atoms with Crippen LogP contribution >= 0.6 is 0 Å². The van der Waals surface area contributed by atoms with Crippen LogP contribution in [-0.2, 0) is 11.3 Å². The fourth-order valence-corrected chi connectivity index (χ4v) is 2.88. The molecule has 1 aromatic rings. The molecule has 2 rings (SSSR count). The second-order valence-electron chi connectivity index (χ2n) is 5.50. The quantitative estimate of drug-likeness (QED) is 0.441. The maximum absolute atomic E-state index is 9.46. The van der Waals surface area contributed by atoms with Crippen LogP contribution in [0.4, 0.5) is 11.6 Å². The van der Waals surface area contributed by atoms with Gasteiger partial charge >= 0.3 is 0 Å². The molecule has 0 radical (unpaired) electrons. The molecule has 0 aromatic carbocycles. The first kappa shape index (κ1) is 15.9. The highest BCUT2D eigenvalue weighted by molar-refractivity contribution is 5.46. The lowest BCUT2D eigenvalue weighted by atomic mass is 9.79. The van der Waals surface area contributed by atoms with Crippen LogP contribution in [-0.4, -0.2) is 35.3 Å². The molecule has 1 aliphatic carbocycles. The summed E-state index contributed by atoms with van der Waals surface area (Å²) in [6.45, 7) is 1.41. The Kier molecular flexibility index (Phi) is 6.16. The molecule has 118 valence electrons. The second-order valence-corrected chi connectivity index (χ2v) is 5.50. The minimum absolute atomic E-state index is 0.265. The van der Waals surface area contributed by atoms with Crippen LogP contribution in [0.25, 0.3) is 0 Å². The summed E-state index contributed by atoms with van der Waals surface area (Å²) >= 11 is 0. The number of nitrogens with two attached hydrogens (primary N) is 1. The number of hydrogen-bond donors (Lipinski definition) is 4. The van der Waals surface area contributed by atoms with Gasteiger partial charge in [0.2, 0.25) is 0 Å². The number of nitrogen functional groups attached to an aromatic ring is 1. The summed E-state index contributed by atoms with van der Waals surface area (Å²) in [4.78, 5) is 8.62. The van der Waals surface area contributed by atoms with E-state index in [1.165, 1.54) is 12.8 Å². The molecule has 5 N–H and O–H groups in total. The van der Waals surface area contributed by atoms with Gasteiger partial charge in [0.05, 0.1) is 0 Å². The van der Waals surface area contributed by atoms with E-state index in [9.17, 15) is 5.11 Å². The first-order valence-electron chi connectivity index (χ1n) is 7.45. The molecule has 7 nitrogen and oxygen atoms in total. The number of rotatable bonds is 7. The van der Waals surface area contributed by atoms with Gasteiger partial charge in [-0.25, -0.2) is 15.8 Å². The molecule has 21 heavy (non-hydrogen) atoms. The summed E-state index contributed by atoms with van der Waals surface area (Å²) in [6.07, 6.45) is 4.71. The zero-order valence-corrected chi connectivity index (χ0v) is 12.5. The SMILES string of the molecule is COCc1nc(NN)cc(NCC2CCCCC2CO)n1. The third-order valence-corrected chi connectivity index (χ3v) is 4.04. The molecule has 2 atom stereocenters. The number of anilines is 2. The van der Waals surface area contributed by atoms with Crippen molar-refractivity contribution in [1.29, 1.82) is 0 Å². The second kappa shape index (κ2) is 8.11. The van der Waals surface area contributed by atoms with Crippen molar-refractivity contribution in [2.24, 2.45) is 17.7 Å². The highest BCUT2D eigenvalue weighted by Crippen LogP contribution is 2.29. The van der Waals surface area contributed by atoms with Crippen molar-refractivity contribution < 1.29 is 9.84 Å². The highest BCUT2D eigenvalue weighted by Gasteiger charge is 2.24. The third-order valence-electron chi connectivity index (χ3n) is 4.04. The van der Waals surface area contributed by atoms with Crippen molar-refractivity contribution in [2.75, 3.05) is 31.0 Å². The number of methoxy groups -OCH3 is 1. The van der Waals surface area contributed by atoms with E-state index in [1.807, 2.05) is 0 Å². The van der Waals surface area contributed by atoms with Crippen molar-refractivity contribution in [2.45, 2.75) is 32.3 Å². The number of aromatic nitrogens is 2. The van der Waals surface area contributed by atoms with E-state index in [4.69, 9.17) is 10.6 Å². The molecule has 1 saturated carbocycles. The minimum atomic E-state index is 0.265. The smallest absolute Gasteiger partial charge is 0.158 e. The minimum Gasteiger partial charge on any atom is -0.396 e.